The molecule has 116 valence electrons. The lowest BCUT2D eigenvalue weighted by Crippen LogP contribution is -2.24. The van der Waals surface area contributed by atoms with Gasteiger partial charge in [0.2, 0.25) is 0 Å². The number of thiazole rings is 1. The minimum absolute atomic E-state index is 0.0928. The average Bonchev–Trinajstić information content (AvgIpc) is 3.30. The number of ether oxygens (including phenoxy) is 1. The number of nitrogens with zero attached hydrogens (tertiary/aromatic N) is 1. The van der Waals surface area contributed by atoms with E-state index in [9.17, 15) is 4.79 Å². The highest BCUT2D eigenvalue weighted by atomic mass is 32.1. The van der Waals surface area contributed by atoms with Crippen LogP contribution in [0, 0.1) is 0 Å². The minimum atomic E-state index is -0.394. The summed E-state index contributed by atoms with van der Waals surface area (Å²) in [6.07, 6.45) is 2.45. The Bertz CT molecular complexity index is 804. The molecule has 0 unspecified atom stereocenters. The average molecular weight is 323 g/mol. The topological polar surface area (TPSA) is 39.2 Å². The highest BCUT2D eigenvalue weighted by Gasteiger charge is 2.52. The van der Waals surface area contributed by atoms with E-state index in [4.69, 9.17) is 4.74 Å². The van der Waals surface area contributed by atoms with E-state index < -0.39 is 5.41 Å². The van der Waals surface area contributed by atoms with Crippen LogP contribution in [-0.4, -0.2) is 17.6 Å². The van der Waals surface area contributed by atoms with Crippen LogP contribution in [0.3, 0.4) is 0 Å². The van der Waals surface area contributed by atoms with Gasteiger partial charge in [-0.2, -0.15) is 0 Å². The molecular formula is C19H17NO2S. The van der Waals surface area contributed by atoms with E-state index >= 15 is 0 Å². The van der Waals surface area contributed by atoms with Crippen LogP contribution in [0.25, 0.3) is 10.2 Å². The van der Waals surface area contributed by atoms with Gasteiger partial charge in [-0.1, -0.05) is 42.5 Å². The quantitative estimate of drug-likeness (QED) is 0.663. The molecule has 1 aliphatic carbocycles. The fraction of sp³-hybridized carbons (Fsp3) is 0.263. The molecule has 1 heterocycles. The molecule has 0 radical (unpaired) electrons. The molecule has 23 heavy (non-hydrogen) atoms. The van der Waals surface area contributed by atoms with Crippen molar-refractivity contribution in [3.63, 3.8) is 0 Å². The number of carbonyl (C=O) groups excluding carboxylic acids is 1. The summed E-state index contributed by atoms with van der Waals surface area (Å²) in [4.78, 5) is 17.0. The highest BCUT2D eigenvalue weighted by Crippen LogP contribution is 2.49. The number of benzene rings is 2. The van der Waals surface area contributed by atoms with Gasteiger partial charge in [-0.05, 0) is 30.5 Å². The van der Waals surface area contributed by atoms with Gasteiger partial charge in [0.1, 0.15) is 0 Å². The lowest BCUT2D eigenvalue weighted by atomic mass is 9.96. The summed E-state index contributed by atoms with van der Waals surface area (Å²) >= 11 is 1.67. The summed E-state index contributed by atoms with van der Waals surface area (Å²) in [5.41, 5.74) is 1.70. The number of rotatable bonds is 5. The lowest BCUT2D eigenvalue weighted by molar-refractivity contribution is -0.146. The lowest BCUT2D eigenvalue weighted by Gasteiger charge is -2.14. The Morgan fingerprint density at radius 2 is 1.83 bits per heavy atom. The Kier molecular flexibility index (Phi) is 3.62. The third-order valence-electron chi connectivity index (χ3n) is 4.35. The second-order valence-corrected chi connectivity index (χ2v) is 7.02. The standard InChI is InChI=1S/C19H17NO2S/c21-18(19(11-12-19)14-6-2-1-3-7-14)22-13-10-17-20-15-8-4-5-9-16(15)23-17/h1-9H,10-13H2. The SMILES string of the molecule is O=C(OCCc1nc2ccccc2s1)C1(c2ccccc2)CC1. The van der Waals surface area contributed by atoms with Gasteiger partial charge in [0.25, 0.3) is 0 Å². The summed E-state index contributed by atoms with van der Waals surface area (Å²) in [5, 5.41) is 1.02. The summed E-state index contributed by atoms with van der Waals surface area (Å²) in [6.45, 7) is 0.396. The second-order valence-electron chi connectivity index (χ2n) is 5.91. The molecule has 1 saturated carbocycles. The third kappa shape index (κ3) is 2.75. The summed E-state index contributed by atoms with van der Waals surface area (Å²) in [7, 11) is 0. The number of hydrogen-bond donors (Lipinski definition) is 0. The molecule has 0 aliphatic heterocycles. The molecule has 2 aromatic carbocycles. The first kappa shape index (κ1) is 14.4. The molecule has 3 aromatic rings. The van der Waals surface area contributed by atoms with Gasteiger partial charge in [0, 0.05) is 6.42 Å². The second kappa shape index (κ2) is 5.78. The number of carbonyl (C=O) groups is 1. The van der Waals surface area contributed by atoms with Crippen LogP contribution in [0.4, 0.5) is 0 Å². The Hall–Kier alpha value is -2.20. The van der Waals surface area contributed by atoms with Crippen molar-refractivity contribution in [1.82, 2.24) is 4.98 Å². The Balaban J connectivity index is 1.39. The van der Waals surface area contributed by atoms with Crippen molar-refractivity contribution < 1.29 is 9.53 Å². The van der Waals surface area contributed by atoms with Crippen LogP contribution >= 0.6 is 11.3 Å². The van der Waals surface area contributed by atoms with Crippen molar-refractivity contribution in [3.05, 3.63) is 65.2 Å². The normalized spacial score (nSPS) is 15.5. The molecule has 4 heteroatoms. The van der Waals surface area contributed by atoms with Crippen LogP contribution in [0.5, 0.6) is 0 Å². The Morgan fingerprint density at radius 1 is 1.09 bits per heavy atom. The van der Waals surface area contributed by atoms with Crippen molar-refractivity contribution in [2.24, 2.45) is 0 Å². The molecule has 0 bridgehead atoms. The van der Waals surface area contributed by atoms with Crippen molar-refractivity contribution in [2.45, 2.75) is 24.7 Å². The molecular weight excluding hydrogens is 306 g/mol. The van der Waals surface area contributed by atoms with Crippen LogP contribution in [0.1, 0.15) is 23.4 Å². The predicted molar refractivity (Wildman–Crippen MR) is 91.6 cm³/mol. The van der Waals surface area contributed by atoms with Gasteiger partial charge in [0.05, 0.1) is 27.2 Å². The maximum Gasteiger partial charge on any atom is 0.316 e. The highest BCUT2D eigenvalue weighted by molar-refractivity contribution is 7.18. The molecule has 0 amide bonds. The Morgan fingerprint density at radius 3 is 2.57 bits per heavy atom. The minimum Gasteiger partial charge on any atom is -0.465 e. The molecule has 1 aromatic heterocycles. The summed E-state index contributed by atoms with van der Waals surface area (Å²) in [6, 6.07) is 18.0. The monoisotopic (exact) mass is 323 g/mol. The van der Waals surface area contributed by atoms with E-state index in [1.165, 1.54) is 4.70 Å². The molecule has 3 nitrogen and oxygen atoms in total. The summed E-state index contributed by atoms with van der Waals surface area (Å²) in [5.74, 6) is -0.0928. The van der Waals surface area contributed by atoms with Crippen LogP contribution in [0.15, 0.2) is 54.6 Å². The van der Waals surface area contributed by atoms with E-state index in [1.807, 2.05) is 48.5 Å². The van der Waals surface area contributed by atoms with Crippen molar-refractivity contribution in [3.8, 4) is 0 Å². The predicted octanol–water partition coefficient (Wildman–Crippen LogP) is 4.11. The van der Waals surface area contributed by atoms with Gasteiger partial charge in [-0.25, -0.2) is 4.98 Å². The van der Waals surface area contributed by atoms with E-state index in [-0.39, 0.29) is 5.97 Å². The van der Waals surface area contributed by atoms with E-state index in [1.54, 1.807) is 11.3 Å². The van der Waals surface area contributed by atoms with E-state index in [0.29, 0.717) is 13.0 Å². The number of aromatic nitrogens is 1. The molecule has 0 spiro atoms. The molecule has 4 rings (SSSR count). The van der Waals surface area contributed by atoms with Gasteiger partial charge in [-0.15, -0.1) is 11.3 Å². The maximum absolute atomic E-state index is 12.5. The smallest absolute Gasteiger partial charge is 0.316 e. The number of esters is 1. The van der Waals surface area contributed by atoms with E-state index in [2.05, 4.69) is 11.1 Å². The molecule has 1 fully saturated rings. The maximum atomic E-state index is 12.5. The fourth-order valence-corrected chi connectivity index (χ4v) is 3.84. The zero-order valence-corrected chi connectivity index (χ0v) is 13.5. The first-order valence-electron chi connectivity index (χ1n) is 7.85. The Labute approximate surface area is 138 Å². The molecule has 0 N–H and O–H groups in total. The number of hydrogen-bond acceptors (Lipinski definition) is 4. The number of fused-ring (bicyclic) bond motifs is 1. The summed E-state index contributed by atoms with van der Waals surface area (Å²) < 4.78 is 6.73. The van der Waals surface area contributed by atoms with Crippen molar-refractivity contribution >= 4 is 27.5 Å². The third-order valence-corrected chi connectivity index (χ3v) is 5.45. The molecule has 0 atom stereocenters. The molecule has 0 saturated heterocycles. The van der Waals surface area contributed by atoms with Crippen molar-refractivity contribution in [2.75, 3.05) is 6.61 Å². The first-order valence-corrected chi connectivity index (χ1v) is 8.67. The van der Waals surface area contributed by atoms with Gasteiger partial charge < -0.3 is 4.74 Å². The van der Waals surface area contributed by atoms with Crippen LogP contribution < -0.4 is 0 Å². The molecule has 1 aliphatic rings. The van der Waals surface area contributed by atoms with Gasteiger partial charge in [0.15, 0.2) is 0 Å². The van der Waals surface area contributed by atoms with Gasteiger partial charge >= 0.3 is 5.97 Å². The zero-order chi connectivity index (χ0) is 15.7. The number of para-hydroxylation sites is 1. The first-order chi connectivity index (χ1) is 11.3. The fourth-order valence-electron chi connectivity index (χ4n) is 2.89. The van der Waals surface area contributed by atoms with Gasteiger partial charge in [-0.3, -0.25) is 4.79 Å². The van der Waals surface area contributed by atoms with E-state index in [0.717, 1.165) is 28.9 Å². The largest absolute Gasteiger partial charge is 0.465 e. The van der Waals surface area contributed by atoms with Crippen LogP contribution in [0.2, 0.25) is 0 Å². The van der Waals surface area contributed by atoms with Crippen molar-refractivity contribution in [1.29, 1.82) is 0 Å². The zero-order valence-electron chi connectivity index (χ0n) is 12.7. The van der Waals surface area contributed by atoms with Crippen LogP contribution in [-0.2, 0) is 21.4 Å².